The first-order valence-electron chi connectivity index (χ1n) is 7.93. The molecule has 1 aromatic heterocycles. The second-order valence-corrected chi connectivity index (χ2v) is 6.01. The highest BCUT2D eigenvalue weighted by Gasteiger charge is 2.36. The molecule has 0 aromatic carbocycles. The standard InChI is InChI=1S/C15H23N3O3/c1-3-13-16-14(17-21-13)12-5-4-8-18(12)15(19)10(2)20-9-11-6-7-11/h10-12H,3-9H2,1-2H3/t10-,12-/m0/s1. The van der Waals surface area contributed by atoms with E-state index in [1.807, 2.05) is 18.7 Å². The molecular weight excluding hydrogens is 270 g/mol. The van der Waals surface area contributed by atoms with Crippen LogP contribution in [0.1, 0.15) is 57.3 Å². The average molecular weight is 293 g/mol. The molecule has 1 amide bonds. The monoisotopic (exact) mass is 293 g/mol. The van der Waals surface area contributed by atoms with Gasteiger partial charge in [-0.05, 0) is 38.5 Å². The molecule has 6 nitrogen and oxygen atoms in total. The summed E-state index contributed by atoms with van der Waals surface area (Å²) in [5.41, 5.74) is 0. The Morgan fingerprint density at radius 1 is 1.48 bits per heavy atom. The zero-order valence-corrected chi connectivity index (χ0v) is 12.7. The van der Waals surface area contributed by atoms with Crippen molar-refractivity contribution in [1.29, 1.82) is 0 Å². The minimum absolute atomic E-state index is 0.0426. The number of aryl methyl sites for hydroxylation is 1. The lowest BCUT2D eigenvalue weighted by Crippen LogP contribution is -2.39. The van der Waals surface area contributed by atoms with Crippen LogP contribution in [-0.4, -0.2) is 40.2 Å². The van der Waals surface area contributed by atoms with E-state index in [9.17, 15) is 4.79 Å². The van der Waals surface area contributed by atoms with Gasteiger partial charge < -0.3 is 14.2 Å². The Labute approximate surface area is 124 Å². The second kappa shape index (κ2) is 6.13. The molecule has 1 aromatic rings. The Morgan fingerprint density at radius 3 is 2.95 bits per heavy atom. The summed E-state index contributed by atoms with van der Waals surface area (Å²) < 4.78 is 10.9. The van der Waals surface area contributed by atoms with Gasteiger partial charge in [-0.15, -0.1) is 0 Å². The van der Waals surface area contributed by atoms with Gasteiger partial charge in [-0.3, -0.25) is 4.79 Å². The lowest BCUT2D eigenvalue weighted by Gasteiger charge is -2.25. The van der Waals surface area contributed by atoms with Crippen LogP contribution in [-0.2, 0) is 16.0 Å². The predicted octanol–water partition coefficient (Wildman–Crippen LogP) is 2.11. The Bertz CT molecular complexity index is 498. The van der Waals surface area contributed by atoms with E-state index < -0.39 is 0 Å². The number of ether oxygens (including phenoxy) is 1. The minimum atomic E-state index is -0.385. The zero-order chi connectivity index (χ0) is 14.8. The first-order chi connectivity index (χ1) is 10.2. The van der Waals surface area contributed by atoms with Crippen LogP contribution in [0.4, 0.5) is 0 Å². The first-order valence-corrected chi connectivity index (χ1v) is 7.93. The highest BCUT2D eigenvalue weighted by molar-refractivity contribution is 5.81. The van der Waals surface area contributed by atoms with Crippen molar-refractivity contribution in [3.05, 3.63) is 11.7 Å². The lowest BCUT2D eigenvalue weighted by atomic mass is 10.2. The third-order valence-corrected chi connectivity index (χ3v) is 4.25. The molecule has 1 aliphatic carbocycles. The minimum Gasteiger partial charge on any atom is -0.368 e. The fourth-order valence-electron chi connectivity index (χ4n) is 2.72. The maximum Gasteiger partial charge on any atom is 0.252 e. The highest BCUT2D eigenvalue weighted by Crippen LogP contribution is 2.32. The van der Waals surface area contributed by atoms with Gasteiger partial charge in [0.05, 0.1) is 12.6 Å². The molecule has 1 aliphatic heterocycles. The van der Waals surface area contributed by atoms with Gasteiger partial charge in [0.2, 0.25) is 5.89 Å². The van der Waals surface area contributed by atoms with Gasteiger partial charge in [0.25, 0.3) is 5.91 Å². The van der Waals surface area contributed by atoms with Gasteiger partial charge in [0.1, 0.15) is 6.10 Å². The number of rotatable bonds is 6. The van der Waals surface area contributed by atoms with Gasteiger partial charge in [-0.1, -0.05) is 12.1 Å². The largest absolute Gasteiger partial charge is 0.368 e. The molecule has 0 unspecified atom stereocenters. The number of nitrogens with zero attached hydrogens (tertiary/aromatic N) is 3. The van der Waals surface area contributed by atoms with Crippen molar-refractivity contribution in [1.82, 2.24) is 15.0 Å². The van der Waals surface area contributed by atoms with E-state index in [1.54, 1.807) is 0 Å². The molecule has 3 rings (SSSR count). The Hall–Kier alpha value is -1.43. The maximum absolute atomic E-state index is 12.6. The van der Waals surface area contributed by atoms with Gasteiger partial charge in [0, 0.05) is 13.0 Å². The predicted molar refractivity (Wildman–Crippen MR) is 75.5 cm³/mol. The molecule has 0 N–H and O–H groups in total. The number of hydrogen-bond acceptors (Lipinski definition) is 5. The molecule has 0 radical (unpaired) electrons. The van der Waals surface area contributed by atoms with Crippen molar-refractivity contribution in [3.63, 3.8) is 0 Å². The third-order valence-electron chi connectivity index (χ3n) is 4.25. The van der Waals surface area contributed by atoms with Crippen LogP contribution in [0, 0.1) is 5.92 Å². The number of aromatic nitrogens is 2. The summed E-state index contributed by atoms with van der Waals surface area (Å²) in [6.07, 6.45) is 4.66. The number of likely N-dealkylation sites (tertiary alicyclic amines) is 1. The van der Waals surface area contributed by atoms with Crippen molar-refractivity contribution >= 4 is 5.91 Å². The van der Waals surface area contributed by atoms with E-state index in [2.05, 4.69) is 10.1 Å². The van der Waals surface area contributed by atoms with Crippen LogP contribution >= 0.6 is 0 Å². The van der Waals surface area contributed by atoms with Crippen molar-refractivity contribution in [2.24, 2.45) is 5.92 Å². The van der Waals surface area contributed by atoms with E-state index in [-0.39, 0.29) is 18.1 Å². The summed E-state index contributed by atoms with van der Waals surface area (Å²) in [6.45, 7) is 5.26. The molecule has 1 saturated carbocycles. The molecule has 2 aliphatic rings. The smallest absolute Gasteiger partial charge is 0.252 e. The van der Waals surface area contributed by atoms with E-state index in [0.29, 0.717) is 30.7 Å². The van der Waals surface area contributed by atoms with Crippen LogP contribution in [0.5, 0.6) is 0 Å². The van der Waals surface area contributed by atoms with Crippen LogP contribution in [0.2, 0.25) is 0 Å². The Balaban J connectivity index is 1.63. The van der Waals surface area contributed by atoms with E-state index in [0.717, 1.165) is 19.4 Å². The average Bonchev–Trinajstić information content (AvgIpc) is 3.02. The Kier molecular flexibility index (Phi) is 4.24. The van der Waals surface area contributed by atoms with Gasteiger partial charge in [-0.2, -0.15) is 4.98 Å². The van der Waals surface area contributed by atoms with Crippen molar-refractivity contribution in [2.45, 2.75) is 58.1 Å². The summed E-state index contributed by atoms with van der Waals surface area (Å²) in [6, 6.07) is -0.0616. The molecular formula is C15H23N3O3. The molecule has 116 valence electrons. The van der Waals surface area contributed by atoms with Crippen LogP contribution in [0.3, 0.4) is 0 Å². The summed E-state index contributed by atoms with van der Waals surface area (Å²) in [5, 5.41) is 4.02. The quantitative estimate of drug-likeness (QED) is 0.803. The number of amides is 1. The summed E-state index contributed by atoms with van der Waals surface area (Å²) >= 11 is 0. The summed E-state index contributed by atoms with van der Waals surface area (Å²) in [7, 11) is 0. The molecule has 0 spiro atoms. The van der Waals surface area contributed by atoms with Crippen LogP contribution < -0.4 is 0 Å². The first kappa shape index (κ1) is 14.5. The summed E-state index contributed by atoms with van der Waals surface area (Å²) in [4.78, 5) is 18.8. The fourth-order valence-corrected chi connectivity index (χ4v) is 2.72. The molecule has 1 saturated heterocycles. The SMILES string of the molecule is CCc1nc([C@@H]2CCCN2C(=O)[C@H](C)OCC2CC2)no1. The van der Waals surface area contributed by atoms with Crippen molar-refractivity contribution in [3.8, 4) is 0 Å². The van der Waals surface area contributed by atoms with Gasteiger partial charge in [-0.25, -0.2) is 0 Å². The zero-order valence-electron chi connectivity index (χ0n) is 12.7. The maximum atomic E-state index is 12.6. The van der Waals surface area contributed by atoms with E-state index in [4.69, 9.17) is 9.26 Å². The molecule has 2 fully saturated rings. The normalized spacial score (nSPS) is 23.5. The fraction of sp³-hybridized carbons (Fsp3) is 0.800. The van der Waals surface area contributed by atoms with E-state index >= 15 is 0 Å². The molecule has 0 bridgehead atoms. The van der Waals surface area contributed by atoms with Crippen molar-refractivity contribution in [2.75, 3.05) is 13.2 Å². The summed E-state index contributed by atoms with van der Waals surface area (Å²) in [5.74, 6) is 1.97. The highest BCUT2D eigenvalue weighted by atomic mass is 16.5. The number of carbonyl (C=O) groups is 1. The second-order valence-electron chi connectivity index (χ2n) is 6.01. The topological polar surface area (TPSA) is 68.5 Å². The third kappa shape index (κ3) is 3.26. The molecule has 6 heteroatoms. The molecule has 2 heterocycles. The number of carbonyl (C=O) groups excluding carboxylic acids is 1. The van der Waals surface area contributed by atoms with Crippen molar-refractivity contribution < 1.29 is 14.1 Å². The van der Waals surface area contributed by atoms with Gasteiger partial charge in [0.15, 0.2) is 5.82 Å². The Morgan fingerprint density at radius 2 is 2.29 bits per heavy atom. The molecule has 2 atom stereocenters. The van der Waals surface area contributed by atoms with Gasteiger partial charge >= 0.3 is 0 Å². The number of hydrogen-bond donors (Lipinski definition) is 0. The van der Waals surface area contributed by atoms with Crippen LogP contribution in [0.25, 0.3) is 0 Å². The molecule has 21 heavy (non-hydrogen) atoms. The van der Waals surface area contributed by atoms with E-state index in [1.165, 1.54) is 12.8 Å². The lowest BCUT2D eigenvalue weighted by molar-refractivity contribution is -0.144. The van der Waals surface area contributed by atoms with Crippen LogP contribution in [0.15, 0.2) is 4.52 Å².